The minimum Gasteiger partial charge on any atom is -0.432 e. The van der Waals surface area contributed by atoms with Crippen molar-refractivity contribution in [2.45, 2.75) is 50.2 Å². The average Bonchev–Trinajstić information content (AvgIpc) is 3.36. The summed E-state index contributed by atoms with van der Waals surface area (Å²) in [4.78, 5) is 40.5. The molecule has 4 aromatic rings. The maximum atomic E-state index is 14.4. The van der Waals surface area contributed by atoms with E-state index in [0.717, 1.165) is 22.2 Å². The molecule has 2 aliphatic heterocycles. The molecule has 0 saturated carbocycles. The molecule has 1 amide bonds. The first-order valence-corrected chi connectivity index (χ1v) is 16.7. The number of amides is 1. The Hall–Kier alpha value is -3.63. The highest BCUT2D eigenvalue weighted by Crippen LogP contribution is 2.59. The first-order chi connectivity index (χ1) is 19.2. The maximum Gasteiger partial charge on any atom is 0.279 e. The number of aliphatic hydroxyl groups is 1. The van der Waals surface area contributed by atoms with E-state index in [2.05, 4.69) is 5.10 Å². The van der Waals surface area contributed by atoms with Crippen LogP contribution >= 0.6 is 0 Å². The number of hydrogen-bond donors (Lipinski definition) is 2. The first kappa shape index (κ1) is 26.6. The molecule has 4 atom stereocenters. The number of hydrogen-bond acceptors (Lipinski definition) is 6. The highest BCUT2D eigenvalue weighted by atomic mass is 28.4. The van der Waals surface area contributed by atoms with Gasteiger partial charge in [0.1, 0.15) is 0 Å². The number of fused-ring (bicyclic) bond motifs is 3. The van der Waals surface area contributed by atoms with Crippen LogP contribution in [0.4, 0.5) is 5.69 Å². The summed E-state index contributed by atoms with van der Waals surface area (Å²) >= 11 is 0. The van der Waals surface area contributed by atoms with Crippen molar-refractivity contribution in [1.29, 1.82) is 0 Å². The summed E-state index contributed by atoms with van der Waals surface area (Å²) in [5.74, 6) is -0.447. The summed E-state index contributed by atoms with van der Waals surface area (Å²) in [5, 5.41) is 15.5. The topological polar surface area (TPSA) is 105 Å². The lowest BCUT2D eigenvalue weighted by molar-refractivity contribution is -0.146. The number of nitrogens with zero attached hydrogens (tertiary/aromatic N) is 3. The third-order valence-corrected chi connectivity index (χ3v) is 11.0. The Morgan fingerprint density at radius 2 is 1.77 bits per heavy atom. The smallest absolute Gasteiger partial charge is 0.279 e. The Bertz CT molecular complexity index is 1660. The number of aliphatic hydroxyl groups excluding tert-OH is 1. The number of para-hydroxylation sites is 1. The molecular formula is C31H33N3O5Si. The number of carbonyl (C=O) groups excluding carboxylic acids is 1. The molecule has 1 spiro atoms. The Labute approximate surface area is 233 Å². The van der Waals surface area contributed by atoms with Gasteiger partial charge in [0.15, 0.2) is 13.9 Å². The summed E-state index contributed by atoms with van der Waals surface area (Å²) in [6, 6.07) is 22.5. The fraction of sp³-hybridized carbons (Fsp3) is 0.323. The zero-order chi connectivity index (χ0) is 28.2. The molecule has 1 saturated heterocycles. The molecule has 0 radical (unpaired) electrons. The van der Waals surface area contributed by atoms with Gasteiger partial charge in [-0.1, -0.05) is 55.5 Å². The molecule has 0 aliphatic carbocycles. The third-order valence-electron chi connectivity index (χ3n) is 8.50. The highest BCUT2D eigenvalue weighted by Gasteiger charge is 2.65. The van der Waals surface area contributed by atoms with Gasteiger partial charge in [-0.15, -0.1) is 0 Å². The van der Waals surface area contributed by atoms with Crippen molar-refractivity contribution in [2.24, 2.45) is 5.92 Å². The fourth-order valence-electron chi connectivity index (χ4n) is 6.83. The second-order valence-electron chi connectivity index (χ2n) is 11.4. The molecule has 2 aliphatic rings. The zero-order valence-corrected chi connectivity index (χ0v) is 23.8. The van der Waals surface area contributed by atoms with E-state index in [9.17, 15) is 19.5 Å². The molecule has 9 heteroatoms. The van der Waals surface area contributed by atoms with E-state index >= 15 is 0 Å². The molecule has 8 nitrogen and oxygen atoms in total. The molecule has 6 rings (SSSR count). The minimum absolute atomic E-state index is 0.0804. The number of aromatic nitrogens is 2. The van der Waals surface area contributed by atoms with Gasteiger partial charge in [0.25, 0.3) is 11.5 Å². The van der Waals surface area contributed by atoms with Crippen molar-refractivity contribution in [3.63, 3.8) is 0 Å². The van der Waals surface area contributed by atoms with Gasteiger partial charge in [0.2, 0.25) is 0 Å². The molecule has 0 bridgehead atoms. The highest BCUT2D eigenvalue weighted by molar-refractivity contribution is 6.71. The standard InChI is InChI=1S/C31H33N3O5Si/c1-20-28(40(2,3)38)27(15-16-35)39-31(20)25-13-6-7-14-26(25)33(30(31)37)19-21-9-8-11-23(17-21)34-29(36)24-12-5-4-10-22(24)18-32-34/h4-14,17-18,20,27-28,35,38H,15-16,19H2,1-3H3/t20-,27+,28-,31+/m1/s1. The van der Waals surface area contributed by atoms with E-state index in [1.54, 1.807) is 17.2 Å². The van der Waals surface area contributed by atoms with Crippen molar-refractivity contribution in [1.82, 2.24) is 9.78 Å². The predicted octanol–water partition coefficient (Wildman–Crippen LogP) is 4.11. The second-order valence-corrected chi connectivity index (χ2v) is 15.4. The number of anilines is 1. The predicted molar refractivity (Wildman–Crippen MR) is 156 cm³/mol. The average molecular weight is 556 g/mol. The molecule has 3 aromatic carbocycles. The first-order valence-electron chi connectivity index (χ1n) is 13.7. The van der Waals surface area contributed by atoms with E-state index in [4.69, 9.17) is 4.74 Å². The Morgan fingerprint density at radius 3 is 2.55 bits per heavy atom. The van der Waals surface area contributed by atoms with Gasteiger partial charge in [0, 0.05) is 29.0 Å². The van der Waals surface area contributed by atoms with Crippen molar-refractivity contribution in [2.75, 3.05) is 11.5 Å². The summed E-state index contributed by atoms with van der Waals surface area (Å²) in [5.41, 5.74) is 1.36. The van der Waals surface area contributed by atoms with Crippen LogP contribution < -0.4 is 10.5 Å². The van der Waals surface area contributed by atoms with Crippen LogP contribution in [0.1, 0.15) is 24.5 Å². The van der Waals surface area contributed by atoms with Gasteiger partial charge < -0.3 is 19.5 Å². The Balaban J connectivity index is 1.38. The quantitative estimate of drug-likeness (QED) is 0.347. The van der Waals surface area contributed by atoms with Crippen LogP contribution in [-0.4, -0.2) is 46.6 Å². The van der Waals surface area contributed by atoms with Gasteiger partial charge in [-0.05, 0) is 49.3 Å². The second kappa shape index (κ2) is 9.78. The van der Waals surface area contributed by atoms with Gasteiger partial charge in [-0.25, -0.2) is 0 Å². The van der Waals surface area contributed by atoms with Crippen molar-refractivity contribution >= 4 is 30.7 Å². The number of benzene rings is 3. The monoisotopic (exact) mass is 555 g/mol. The van der Waals surface area contributed by atoms with Crippen LogP contribution in [0.25, 0.3) is 16.5 Å². The fourth-order valence-corrected chi connectivity index (χ4v) is 9.43. The molecular weight excluding hydrogens is 522 g/mol. The Kier molecular flexibility index (Phi) is 6.50. The normalized spacial score (nSPS) is 24.3. The van der Waals surface area contributed by atoms with E-state index in [0.29, 0.717) is 17.5 Å². The third kappa shape index (κ3) is 4.04. The van der Waals surface area contributed by atoms with Crippen molar-refractivity contribution in [3.05, 3.63) is 100 Å². The minimum atomic E-state index is -2.74. The number of ether oxygens (including phenoxy) is 1. The van der Waals surface area contributed by atoms with Crippen LogP contribution in [0.2, 0.25) is 18.6 Å². The number of carbonyl (C=O) groups is 1. The molecule has 40 heavy (non-hydrogen) atoms. The van der Waals surface area contributed by atoms with Crippen LogP contribution in [0, 0.1) is 5.92 Å². The van der Waals surface area contributed by atoms with E-state index < -0.39 is 20.0 Å². The van der Waals surface area contributed by atoms with Gasteiger partial charge >= 0.3 is 0 Å². The number of rotatable bonds is 6. The molecule has 206 valence electrons. The summed E-state index contributed by atoms with van der Waals surface area (Å²) in [6.45, 7) is 5.93. The van der Waals surface area contributed by atoms with Crippen LogP contribution in [0.5, 0.6) is 0 Å². The molecule has 1 fully saturated rings. The lowest BCUT2D eigenvalue weighted by Crippen LogP contribution is -2.46. The molecule has 2 N–H and O–H groups in total. The van der Waals surface area contributed by atoms with Gasteiger partial charge in [-0.2, -0.15) is 9.78 Å². The van der Waals surface area contributed by atoms with Crippen LogP contribution in [0.3, 0.4) is 0 Å². The summed E-state index contributed by atoms with van der Waals surface area (Å²) in [7, 11) is -2.74. The zero-order valence-electron chi connectivity index (χ0n) is 22.8. The summed E-state index contributed by atoms with van der Waals surface area (Å²) in [6.07, 6.45) is 1.62. The molecule has 3 heterocycles. The molecule has 0 unspecified atom stereocenters. The SMILES string of the molecule is C[C@@H]1[C@@H]([Si](C)(C)O)[C@H](CCO)O[C@@]12C(=O)N(Cc1cccc(-n3ncc4ccccc4c3=O)c1)c1ccccc12. The molecule has 1 aromatic heterocycles. The van der Waals surface area contributed by atoms with Gasteiger partial charge in [-0.3, -0.25) is 9.59 Å². The maximum absolute atomic E-state index is 14.4. The van der Waals surface area contributed by atoms with E-state index in [1.807, 2.05) is 86.7 Å². The Morgan fingerprint density at radius 1 is 1.02 bits per heavy atom. The lowest BCUT2D eigenvalue weighted by atomic mass is 9.82. The summed E-state index contributed by atoms with van der Waals surface area (Å²) < 4.78 is 8.01. The lowest BCUT2D eigenvalue weighted by Gasteiger charge is -2.32. The largest absolute Gasteiger partial charge is 0.432 e. The van der Waals surface area contributed by atoms with Crippen LogP contribution in [-0.2, 0) is 21.7 Å². The van der Waals surface area contributed by atoms with E-state index in [1.165, 1.54) is 4.68 Å². The van der Waals surface area contributed by atoms with Crippen molar-refractivity contribution < 1.29 is 19.4 Å². The van der Waals surface area contributed by atoms with Crippen molar-refractivity contribution in [3.8, 4) is 5.69 Å². The van der Waals surface area contributed by atoms with Gasteiger partial charge in [0.05, 0.1) is 35.6 Å². The van der Waals surface area contributed by atoms with E-state index in [-0.39, 0.29) is 36.1 Å². The van der Waals surface area contributed by atoms with Crippen LogP contribution in [0.15, 0.2) is 83.8 Å².